The molecule has 2 atom stereocenters. The van der Waals surface area contributed by atoms with Gasteiger partial charge in [-0.15, -0.1) is 0 Å². The second-order valence-corrected chi connectivity index (χ2v) is 21.3. The Kier molecular flexibility index (Phi) is 53.6. The van der Waals surface area contributed by atoms with Gasteiger partial charge >= 0.3 is 17.9 Å². The van der Waals surface area contributed by atoms with Gasteiger partial charge < -0.3 is 28.5 Å². The van der Waals surface area contributed by atoms with Crippen LogP contribution in [-0.2, 0) is 33.3 Å². The molecule has 0 fully saturated rings. The highest BCUT2D eigenvalue weighted by Crippen LogP contribution is 2.16. The summed E-state index contributed by atoms with van der Waals surface area (Å²) in [5, 5.41) is 9.69. The van der Waals surface area contributed by atoms with E-state index in [0.29, 0.717) is 11.0 Å². The van der Waals surface area contributed by atoms with E-state index < -0.39 is 24.3 Å². The fraction of sp³-hybridized carbons (Fsp3) is 0.712. The molecule has 1 N–H and O–H groups in total. The molecule has 2 unspecified atom stereocenters. The number of allylic oxidation sites excluding steroid dienone is 16. The highest BCUT2D eigenvalue weighted by molar-refractivity contribution is 5.71. The van der Waals surface area contributed by atoms with Gasteiger partial charge in [-0.2, -0.15) is 0 Å². The molecule has 0 aliphatic carbocycles. The number of unbranched alkanes of at least 4 members (excludes halogenated alkanes) is 24. The molecule has 0 aromatic carbocycles. The summed E-state index contributed by atoms with van der Waals surface area (Å²) in [4.78, 5) is 37.3. The predicted molar refractivity (Wildman–Crippen MR) is 318 cm³/mol. The quantitative estimate of drug-likeness (QED) is 0.0211. The Balaban J connectivity index is 4.05. The first-order valence-electron chi connectivity index (χ1n) is 30.4. The summed E-state index contributed by atoms with van der Waals surface area (Å²) in [6, 6.07) is 0. The first-order chi connectivity index (χ1) is 36.6. The zero-order valence-corrected chi connectivity index (χ0v) is 48.9. The maximum atomic E-state index is 12.9. The van der Waals surface area contributed by atoms with Crippen molar-refractivity contribution in [2.75, 3.05) is 47.5 Å². The Morgan fingerprint density at radius 1 is 0.413 bits per heavy atom. The minimum absolute atomic E-state index is 0.183. The van der Waals surface area contributed by atoms with Crippen molar-refractivity contribution in [1.29, 1.82) is 0 Å². The topological polar surface area (TPSA) is 108 Å². The molecule has 0 aromatic rings. The smallest absolute Gasteiger partial charge is 0.361 e. The summed E-state index contributed by atoms with van der Waals surface area (Å²) in [6.07, 6.45) is 73.7. The lowest BCUT2D eigenvalue weighted by atomic mass is 10.0. The van der Waals surface area contributed by atoms with Crippen molar-refractivity contribution < 1.29 is 42.9 Å². The van der Waals surface area contributed by atoms with Crippen molar-refractivity contribution in [3.63, 3.8) is 0 Å². The van der Waals surface area contributed by atoms with Crippen LogP contribution in [0.5, 0.6) is 0 Å². The van der Waals surface area contributed by atoms with Gasteiger partial charge in [-0.3, -0.25) is 9.59 Å². The van der Waals surface area contributed by atoms with E-state index in [1.165, 1.54) is 109 Å². The summed E-state index contributed by atoms with van der Waals surface area (Å²) in [7, 11) is 5.96. The van der Waals surface area contributed by atoms with E-state index >= 15 is 0 Å². The molecule has 0 bridgehead atoms. The van der Waals surface area contributed by atoms with Crippen LogP contribution in [-0.4, -0.2) is 87.4 Å². The number of hydrogen-bond acceptors (Lipinski definition) is 7. The number of nitrogens with zero attached hydrogens (tertiary/aromatic N) is 1. The maximum Gasteiger partial charge on any atom is 0.361 e. The number of carbonyl (C=O) groups excluding carboxylic acids is 2. The van der Waals surface area contributed by atoms with Crippen LogP contribution >= 0.6 is 0 Å². The van der Waals surface area contributed by atoms with Crippen LogP contribution in [0.2, 0.25) is 0 Å². The van der Waals surface area contributed by atoms with Crippen molar-refractivity contribution in [3.8, 4) is 0 Å². The van der Waals surface area contributed by atoms with Gasteiger partial charge in [0, 0.05) is 12.8 Å². The van der Waals surface area contributed by atoms with Crippen molar-refractivity contribution in [3.05, 3.63) is 97.2 Å². The number of rotatable bonds is 55. The number of likely N-dealkylation sites (N-methyl/N-ethyl adjacent to an activating group) is 1. The minimum atomic E-state index is -1.52. The molecule has 0 aromatic heterocycles. The third kappa shape index (κ3) is 57.7. The number of aliphatic carboxylic acids is 1. The maximum absolute atomic E-state index is 12.9. The molecule has 0 aliphatic rings. The number of carboxylic acid groups (broad SMARTS) is 1. The number of ether oxygens (including phenoxy) is 4. The molecule has 0 radical (unpaired) electrons. The van der Waals surface area contributed by atoms with Crippen LogP contribution in [0.3, 0.4) is 0 Å². The second kappa shape index (κ2) is 56.4. The van der Waals surface area contributed by atoms with Gasteiger partial charge in [0.2, 0.25) is 0 Å². The van der Waals surface area contributed by atoms with E-state index in [1.807, 2.05) is 21.1 Å². The van der Waals surface area contributed by atoms with E-state index in [1.54, 1.807) is 0 Å². The highest BCUT2D eigenvalue weighted by atomic mass is 16.7. The van der Waals surface area contributed by atoms with Crippen LogP contribution in [0.1, 0.15) is 245 Å². The summed E-state index contributed by atoms with van der Waals surface area (Å²) in [5.41, 5.74) is 0. The molecule has 0 rings (SSSR count). The van der Waals surface area contributed by atoms with Gasteiger partial charge in [0.15, 0.2) is 6.10 Å². The molecule has 0 spiro atoms. The molecule has 430 valence electrons. The van der Waals surface area contributed by atoms with Crippen LogP contribution in [0, 0.1) is 0 Å². The molecular formula is C66H114NO8+. The summed E-state index contributed by atoms with van der Waals surface area (Å²) < 4.78 is 22.8. The average Bonchev–Trinajstić information content (AvgIpc) is 3.38. The molecular weight excluding hydrogens is 935 g/mol. The molecule has 9 nitrogen and oxygen atoms in total. The third-order valence-electron chi connectivity index (χ3n) is 12.8. The van der Waals surface area contributed by atoms with Crippen LogP contribution in [0.15, 0.2) is 97.2 Å². The lowest BCUT2D eigenvalue weighted by Gasteiger charge is -2.25. The van der Waals surface area contributed by atoms with Crippen LogP contribution in [0.25, 0.3) is 0 Å². The van der Waals surface area contributed by atoms with Gasteiger partial charge in [-0.1, -0.05) is 239 Å². The predicted octanol–water partition coefficient (Wildman–Crippen LogP) is 18.1. The Hall–Kier alpha value is -3.79. The molecule has 0 aliphatic heterocycles. The van der Waals surface area contributed by atoms with Crippen molar-refractivity contribution in [1.82, 2.24) is 0 Å². The van der Waals surface area contributed by atoms with Crippen molar-refractivity contribution >= 4 is 17.9 Å². The van der Waals surface area contributed by atoms with E-state index in [4.69, 9.17) is 18.9 Å². The fourth-order valence-corrected chi connectivity index (χ4v) is 8.17. The van der Waals surface area contributed by atoms with E-state index in [2.05, 4.69) is 111 Å². The fourth-order valence-electron chi connectivity index (χ4n) is 8.17. The van der Waals surface area contributed by atoms with Crippen LogP contribution < -0.4 is 0 Å². The zero-order valence-electron chi connectivity index (χ0n) is 48.9. The Labute approximate surface area is 461 Å². The van der Waals surface area contributed by atoms with Crippen molar-refractivity contribution in [2.45, 2.75) is 257 Å². The number of esters is 2. The largest absolute Gasteiger partial charge is 0.477 e. The van der Waals surface area contributed by atoms with Gasteiger partial charge in [-0.25, -0.2) is 4.79 Å². The van der Waals surface area contributed by atoms with Gasteiger partial charge in [0.1, 0.15) is 13.2 Å². The zero-order chi connectivity index (χ0) is 54.8. The first-order valence-corrected chi connectivity index (χ1v) is 30.4. The average molecular weight is 1050 g/mol. The Bertz CT molecular complexity index is 1550. The number of quaternary nitrogens is 1. The lowest BCUT2D eigenvalue weighted by Crippen LogP contribution is -2.40. The minimum Gasteiger partial charge on any atom is -0.477 e. The summed E-state index contributed by atoms with van der Waals surface area (Å²) >= 11 is 0. The summed E-state index contributed by atoms with van der Waals surface area (Å²) in [6.45, 7) is 4.68. The number of carbonyl (C=O) groups is 3. The molecule has 0 saturated carbocycles. The highest BCUT2D eigenvalue weighted by Gasteiger charge is 2.25. The van der Waals surface area contributed by atoms with Crippen molar-refractivity contribution in [2.24, 2.45) is 0 Å². The summed E-state index contributed by atoms with van der Waals surface area (Å²) in [5.74, 6) is -2.02. The van der Waals surface area contributed by atoms with E-state index in [0.717, 1.165) is 109 Å². The lowest BCUT2D eigenvalue weighted by molar-refractivity contribution is -0.870. The molecule has 0 saturated heterocycles. The number of hydrogen-bond donors (Lipinski definition) is 1. The Morgan fingerprint density at radius 3 is 1.13 bits per heavy atom. The van der Waals surface area contributed by atoms with E-state index in [-0.39, 0.29) is 38.6 Å². The normalized spacial score (nSPS) is 13.5. The Morgan fingerprint density at radius 2 is 0.760 bits per heavy atom. The second-order valence-electron chi connectivity index (χ2n) is 21.3. The first kappa shape index (κ1) is 71.2. The van der Waals surface area contributed by atoms with Crippen LogP contribution in [0.4, 0.5) is 0 Å². The molecule has 9 heteroatoms. The van der Waals surface area contributed by atoms with Gasteiger partial charge in [0.25, 0.3) is 6.29 Å². The number of carboxylic acids is 1. The molecule has 0 heterocycles. The van der Waals surface area contributed by atoms with E-state index in [9.17, 15) is 19.5 Å². The standard InChI is InChI=1S/C66H113NO8/c1-6-8-10-12-14-16-18-20-21-22-23-24-25-26-27-28-29-30-31-32-33-34-35-36-37-38-39-40-41-42-43-45-47-49-51-53-55-57-64(69)75-62(61-74-66(65(70)71)72-59-58-67(3,4)5)60-73-63(68)56-54-52-50-48-46-44-19-17-15-13-11-9-7-2/h8,10-11,13-14,16-17,19-21,23-24,26-27,29-30,62,66H,6-7,9,12,15,18,22,25,28,31-61H2,1-5H3/p+1/b10-8-,13-11-,16-14-,19-17-,21-20-,24-23-,27-26-,30-29-. The molecule has 75 heavy (non-hydrogen) atoms. The third-order valence-corrected chi connectivity index (χ3v) is 12.8. The monoisotopic (exact) mass is 1050 g/mol. The van der Waals surface area contributed by atoms with Gasteiger partial charge in [0.05, 0.1) is 34.4 Å². The van der Waals surface area contributed by atoms with Gasteiger partial charge in [-0.05, 0) is 89.9 Å². The molecule has 0 amide bonds. The SMILES string of the molecule is CC/C=C\C/C=C\C/C=C\C/C=C\C/C=C\C/C=C\CCCCCCCCCCCCCCCCCCCCC(=O)OC(COC(=O)CCCCCCC/C=C\C/C=C\CCC)COC(OCC[N+](C)(C)C)C(=O)O.